The number of halogens is 1. The lowest BCUT2D eigenvalue weighted by molar-refractivity contribution is 0.102. The first-order chi connectivity index (χ1) is 10.0. The van der Waals surface area contributed by atoms with Crippen LogP contribution >= 0.6 is 15.9 Å². The summed E-state index contributed by atoms with van der Waals surface area (Å²) in [6.45, 7) is 0. The van der Waals surface area contributed by atoms with Gasteiger partial charge in [-0.1, -0.05) is 22.0 Å². The third-order valence-electron chi connectivity index (χ3n) is 3.25. The Bertz CT molecular complexity index is 895. The van der Waals surface area contributed by atoms with Gasteiger partial charge in [-0.15, -0.1) is 0 Å². The van der Waals surface area contributed by atoms with Crippen LogP contribution in [-0.2, 0) is 7.05 Å². The number of fused-ring (bicyclic) bond motifs is 1. The molecule has 2 N–H and O–H groups in total. The van der Waals surface area contributed by atoms with Gasteiger partial charge in [-0.3, -0.25) is 9.36 Å². The summed E-state index contributed by atoms with van der Waals surface area (Å²) in [6, 6.07) is 12.5. The third-order valence-corrected chi connectivity index (χ3v) is 3.74. The average Bonchev–Trinajstić information content (AvgIpc) is 2.73. The number of H-pyrrole nitrogens is 1. The van der Waals surface area contributed by atoms with E-state index in [0.717, 1.165) is 9.99 Å². The highest BCUT2D eigenvalue weighted by molar-refractivity contribution is 9.10. The molecule has 0 saturated carbocycles. The van der Waals surface area contributed by atoms with Gasteiger partial charge in [0.25, 0.3) is 5.91 Å². The molecule has 3 aromatic rings. The molecule has 0 fully saturated rings. The van der Waals surface area contributed by atoms with Crippen LogP contribution in [0.25, 0.3) is 11.0 Å². The van der Waals surface area contributed by atoms with E-state index in [1.165, 1.54) is 4.57 Å². The summed E-state index contributed by atoms with van der Waals surface area (Å²) in [5, 5.41) is 2.82. The molecule has 0 unspecified atom stereocenters. The lowest BCUT2D eigenvalue weighted by atomic mass is 10.2. The van der Waals surface area contributed by atoms with Gasteiger partial charge in [0.05, 0.1) is 11.0 Å². The number of carbonyl (C=O) groups is 1. The smallest absolute Gasteiger partial charge is 0.322 e. The van der Waals surface area contributed by atoms with Gasteiger partial charge in [-0.25, -0.2) is 4.79 Å². The van der Waals surface area contributed by atoms with E-state index in [0.29, 0.717) is 16.8 Å². The zero-order valence-corrected chi connectivity index (χ0v) is 12.8. The minimum atomic E-state index is -0.200. The molecule has 0 bridgehead atoms. The monoisotopic (exact) mass is 345 g/mol. The minimum absolute atomic E-state index is 0.180. The number of aryl methyl sites for hydroxylation is 1. The quantitative estimate of drug-likeness (QED) is 0.749. The number of rotatable bonds is 2. The molecule has 0 aliphatic heterocycles. The molecule has 0 saturated heterocycles. The third kappa shape index (κ3) is 2.62. The number of nitrogens with zero attached hydrogens (tertiary/aromatic N) is 1. The van der Waals surface area contributed by atoms with Gasteiger partial charge in [-0.2, -0.15) is 0 Å². The summed E-state index contributed by atoms with van der Waals surface area (Å²) < 4.78 is 2.37. The standard InChI is InChI=1S/C15H12BrN3O2/c1-19-13-6-5-11(8-12(13)18-15(19)21)17-14(20)9-3-2-4-10(16)7-9/h2-8H,1H3,(H,17,20)(H,18,21). The van der Waals surface area contributed by atoms with Crippen LogP contribution in [0.5, 0.6) is 0 Å². The molecule has 0 aliphatic carbocycles. The Morgan fingerprint density at radius 3 is 2.81 bits per heavy atom. The molecule has 1 heterocycles. The molecule has 3 rings (SSSR count). The molecule has 0 atom stereocenters. The molecule has 5 nitrogen and oxygen atoms in total. The molecule has 106 valence electrons. The van der Waals surface area contributed by atoms with E-state index in [4.69, 9.17) is 0 Å². The molecule has 1 aromatic heterocycles. The van der Waals surface area contributed by atoms with Crippen molar-refractivity contribution in [2.45, 2.75) is 0 Å². The van der Waals surface area contributed by atoms with Crippen LogP contribution in [0.2, 0.25) is 0 Å². The zero-order valence-electron chi connectivity index (χ0n) is 11.2. The maximum absolute atomic E-state index is 12.2. The van der Waals surface area contributed by atoms with Gasteiger partial charge >= 0.3 is 5.69 Å². The number of carbonyl (C=O) groups excluding carboxylic acids is 1. The number of hydrogen-bond acceptors (Lipinski definition) is 2. The van der Waals surface area contributed by atoms with Gasteiger partial charge < -0.3 is 10.3 Å². The molecule has 0 spiro atoms. The highest BCUT2D eigenvalue weighted by Crippen LogP contribution is 2.18. The van der Waals surface area contributed by atoms with E-state index < -0.39 is 0 Å². The fourth-order valence-corrected chi connectivity index (χ4v) is 2.55. The first kappa shape index (κ1) is 13.6. The van der Waals surface area contributed by atoms with Crippen molar-refractivity contribution in [2.24, 2.45) is 7.05 Å². The van der Waals surface area contributed by atoms with E-state index in [1.54, 1.807) is 43.4 Å². The summed E-state index contributed by atoms with van der Waals surface area (Å²) >= 11 is 3.34. The maximum atomic E-state index is 12.2. The van der Waals surface area contributed by atoms with Crippen LogP contribution in [0.3, 0.4) is 0 Å². The Kier molecular flexibility index (Phi) is 3.39. The second-order valence-electron chi connectivity index (χ2n) is 4.69. The summed E-state index contributed by atoms with van der Waals surface area (Å²) in [6.07, 6.45) is 0. The Morgan fingerprint density at radius 1 is 1.24 bits per heavy atom. The zero-order chi connectivity index (χ0) is 15.0. The topological polar surface area (TPSA) is 66.9 Å². The van der Waals surface area contributed by atoms with Crippen LogP contribution in [0, 0.1) is 0 Å². The number of aromatic nitrogens is 2. The van der Waals surface area contributed by atoms with E-state index in [1.807, 2.05) is 6.07 Å². The normalized spacial score (nSPS) is 10.8. The molecule has 0 aliphatic rings. The van der Waals surface area contributed by atoms with Crippen LogP contribution in [0.1, 0.15) is 10.4 Å². The van der Waals surface area contributed by atoms with Gasteiger partial charge in [0.1, 0.15) is 0 Å². The highest BCUT2D eigenvalue weighted by Gasteiger charge is 2.08. The van der Waals surface area contributed by atoms with Gasteiger partial charge in [0, 0.05) is 22.8 Å². The van der Waals surface area contributed by atoms with Crippen molar-refractivity contribution in [3.05, 3.63) is 63.0 Å². The summed E-state index contributed by atoms with van der Waals surface area (Å²) in [5.41, 5.74) is 2.50. The molecular weight excluding hydrogens is 334 g/mol. The predicted molar refractivity (Wildman–Crippen MR) is 85.6 cm³/mol. The lowest BCUT2D eigenvalue weighted by Gasteiger charge is -2.06. The second-order valence-corrected chi connectivity index (χ2v) is 5.60. The number of benzene rings is 2. The lowest BCUT2D eigenvalue weighted by Crippen LogP contribution is -2.11. The van der Waals surface area contributed by atoms with E-state index in [2.05, 4.69) is 26.2 Å². The average molecular weight is 346 g/mol. The Balaban J connectivity index is 1.91. The summed E-state index contributed by atoms with van der Waals surface area (Å²) in [7, 11) is 1.70. The molecule has 2 aromatic carbocycles. The summed E-state index contributed by atoms with van der Waals surface area (Å²) in [4.78, 5) is 26.4. The Labute approximate surface area is 128 Å². The van der Waals surface area contributed by atoms with Crippen molar-refractivity contribution in [1.29, 1.82) is 0 Å². The Hall–Kier alpha value is -2.34. The van der Waals surface area contributed by atoms with Gasteiger partial charge in [0.15, 0.2) is 0 Å². The Morgan fingerprint density at radius 2 is 2.05 bits per heavy atom. The van der Waals surface area contributed by atoms with Crippen LogP contribution < -0.4 is 11.0 Å². The van der Waals surface area contributed by atoms with Crippen molar-refractivity contribution in [1.82, 2.24) is 9.55 Å². The van der Waals surface area contributed by atoms with Crippen molar-refractivity contribution in [3.8, 4) is 0 Å². The van der Waals surface area contributed by atoms with Crippen molar-refractivity contribution in [2.75, 3.05) is 5.32 Å². The number of aromatic amines is 1. The number of nitrogens with one attached hydrogen (secondary N) is 2. The minimum Gasteiger partial charge on any atom is -0.322 e. The predicted octanol–water partition coefficient (Wildman–Crippen LogP) is 2.88. The number of hydrogen-bond donors (Lipinski definition) is 2. The fourth-order valence-electron chi connectivity index (χ4n) is 2.15. The molecular formula is C15H12BrN3O2. The van der Waals surface area contributed by atoms with Gasteiger partial charge in [-0.05, 0) is 36.4 Å². The molecule has 6 heteroatoms. The van der Waals surface area contributed by atoms with E-state index >= 15 is 0 Å². The maximum Gasteiger partial charge on any atom is 0.326 e. The van der Waals surface area contributed by atoms with Gasteiger partial charge in [0.2, 0.25) is 0 Å². The molecule has 1 amide bonds. The first-order valence-electron chi connectivity index (χ1n) is 6.30. The fraction of sp³-hybridized carbons (Fsp3) is 0.0667. The number of imidazole rings is 1. The molecule has 0 radical (unpaired) electrons. The largest absolute Gasteiger partial charge is 0.326 e. The van der Waals surface area contributed by atoms with Crippen LogP contribution in [-0.4, -0.2) is 15.5 Å². The second kappa shape index (κ2) is 5.21. The summed E-state index contributed by atoms with van der Waals surface area (Å²) in [5.74, 6) is -0.200. The SMILES string of the molecule is Cn1c(=O)[nH]c2cc(NC(=O)c3cccc(Br)c3)ccc21. The van der Waals surface area contributed by atoms with E-state index in [9.17, 15) is 9.59 Å². The molecule has 21 heavy (non-hydrogen) atoms. The van der Waals surface area contributed by atoms with Crippen LogP contribution in [0.4, 0.5) is 5.69 Å². The first-order valence-corrected chi connectivity index (χ1v) is 7.09. The highest BCUT2D eigenvalue weighted by atomic mass is 79.9. The van der Waals surface area contributed by atoms with Crippen LogP contribution in [0.15, 0.2) is 51.7 Å². The van der Waals surface area contributed by atoms with E-state index in [-0.39, 0.29) is 11.6 Å². The number of anilines is 1. The van der Waals surface area contributed by atoms with Crippen molar-refractivity contribution in [3.63, 3.8) is 0 Å². The number of amides is 1. The van der Waals surface area contributed by atoms with Crippen molar-refractivity contribution < 1.29 is 4.79 Å². The van der Waals surface area contributed by atoms with Crippen molar-refractivity contribution >= 4 is 38.6 Å².